The van der Waals surface area contributed by atoms with Gasteiger partial charge in [-0.3, -0.25) is 0 Å². The summed E-state index contributed by atoms with van der Waals surface area (Å²) < 4.78 is 0. The highest BCUT2D eigenvalue weighted by Gasteiger charge is 2.13. The summed E-state index contributed by atoms with van der Waals surface area (Å²) in [5.74, 6) is 0. The van der Waals surface area contributed by atoms with E-state index in [1.165, 1.54) is 5.39 Å². The second-order valence-corrected chi connectivity index (χ2v) is 5.58. The summed E-state index contributed by atoms with van der Waals surface area (Å²) in [5.41, 5.74) is 1.88. The number of rotatable bonds is 2. The number of hydrogen-bond acceptors (Lipinski definition) is 1. The van der Waals surface area contributed by atoms with Crippen LogP contribution in [0.2, 0.25) is 0 Å². The van der Waals surface area contributed by atoms with Crippen molar-refractivity contribution in [2.75, 3.05) is 0 Å². The Hall–Kier alpha value is -2.64. The first-order chi connectivity index (χ1) is 10.8. The molecule has 0 saturated carbocycles. The highest BCUT2D eigenvalue weighted by Crippen LogP contribution is 2.30. The van der Waals surface area contributed by atoms with E-state index < -0.39 is 6.10 Å². The van der Waals surface area contributed by atoms with Crippen LogP contribution in [-0.4, -0.2) is 5.11 Å². The first kappa shape index (κ1) is 13.1. The van der Waals surface area contributed by atoms with Crippen molar-refractivity contribution in [1.29, 1.82) is 0 Å². The zero-order chi connectivity index (χ0) is 14.9. The summed E-state index contributed by atoms with van der Waals surface area (Å²) in [6.45, 7) is 0. The van der Waals surface area contributed by atoms with Gasteiger partial charge in [0, 0.05) is 0 Å². The molecule has 22 heavy (non-hydrogen) atoms. The van der Waals surface area contributed by atoms with Gasteiger partial charge in [0.05, 0.1) is 0 Å². The standard InChI is InChI=1S/C21H16O/c22-21(18-13-12-15-6-1-2-8-17(15)14-18)20-11-5-9-16-7-3-4-10-19(16)20/h1-14,21-22H. The summed E-state index contributed by atoms with van der Waals surface area (Å²) in [5, 5.41) is 15.4. The van der Waals surface area contributed by atoms with Gasteiger partial charge >= 0.3 is 0 Å². The van der Waals surface area contributed by atoms with Crippen molar-refractivity contribution in [1.82, 2.24) is 0 Å². The quantitative estimate of drug-likeness (QED) is 0.544. The van der Waals surface area contributed by atoms with Crippen molar-refractivity contribution in [3.63, 3.8) is 0 Å². The molecule has 4 aromatic rings. The Morgan fingerprint density at radius 3 is 2.14 bits per heavy atom. The van der Waals surface area contributed by atoms with Crippen LogP contribution >= 0.6 is 0 Å². The van der Waals surface area contributed by atoms with Crippen LogP contribution < -0.4 is 0 Å². The normalized spacial score (nSPS) is 12.6. The van der Waals surface area contributed by atoms with Crippen LogP contribution in [0.3, 0.4) is 0 Å². The molecule has 0 spiro atoms. The number of benzene rings is 4. The maximum absolute atomic E-state index is 10.8. The van der Waals surface area contributed by atoms with Gasteiger partial charge in [-0.05, 0) is 38.7 Å². The fourth-order valence-corrected chi connectivity index (χ4v) is 3.05. The van der Waals surface area contributed by atoms with Gasteiger partial charge in [0.15, 0.2) is 0 Å². The predicted molar refractivity (Wildman–Crippen MR) is 92.0 cm³/mol. The molecule has 0 heterocycles. The van der Waals surface area contributed by atoms with Crippen molar-refractivity contribution in [3.05, 3.63) is 96.1 Å². The fraction of sp³-hybridized carbons (Fsp3) is 0.0476. The molecular formula is C21H16O. The van der Waals surface area contributed by atoms with Gasteiger partial charge in [0.1, 0.15) is 6.10 Å². The average molecular weight is 284 g/mol. The molecule has 1 atom stereocenters. The molecule has 106 valence electrons. The summed E-state index contributed by atoms with van der Waals surface area (Å²) >= 11 is 0. The SMILES string of the molecule is OC(c1ccc2ccccc2c1)c1cccc2ccccc12. The zero-order valence-electron chi connectivity index (χ0n) is 12.1. The lowest BCUT2D eigenvalue weighted by atomic mass is 9.94. The van der Waals surface area contributed by atoms with Crippen LogP contribution in [0, 0.1) is 0 Å². The zero-order valence-corrected chi connectivity index (χ0v) is 12.1. The maximum atomic E-state index is 10.8. The third-order valence-electron chi connectivity index (χ3n) is 4.21. The topological polar surface area (TPSA) is 20.2 Å². The minimum absolute atomic E-state index is 0.615. The average Bonchev–Trinajstić information content (AvgIpc) is 2.60. The first-order valence-electron chi connectivity index (χ1n) is 7.47. The molecule has 4 rings (SSSR count). The lowest BCUT2D eigenvalue weighted by Gasteiger charge is -2.15. The van der Waals surface area contributed by atoms with E-state index in [1.54, 1.807) is 0 Å². The fourth-order valence-electron chi connectivity index (χ4n) is 3.05. The van der Waals surface area contributed by atoms with Gasteiger partial charge in [0.25, 0.3) is 0 Å². The number of fused-ring (bicyclic) bond motifs is 2. The molecule has 0 bridgehead atoms. The van der Waals surface area contributed by atoms with E-state index in [0.717, 1.165) is 27.3 Å². The van der Waals surface area contributed by atoms with Crippen molar-refractivity contribution < 1.29 is 5.11 Å². The maximum Gasteiger partial charge on any atom is 0.105 e. The molecule has 0 aliphatic rings. The van der Waals surface area contributed by atoms with Crippen LogP contribution in [-0.2, 0) is 0 Å². The van der Waals surface area contributed by atoms with Crippen molar-refractivity contribution in [2.45, 2.75) is 6.10 Å². The molecule has 0 radical (unpaired) electrons. The van der Waals surface area contributed by atoms with E-state index in [-0.39, 0.29) is 0 Å². The van der Waals surface area contributed by atoms with E-state index in [9.17, 15) is 5.11 Å². The first-order valence-corrected chi connectivity index (χ1v) is 7.47. The third kappa shape index (κ3) is 2.16. The van der Waals surface area contributed by atoms with Crippen LogP contribution in [0.15, 0.2) is 84.9 Å². The van der Waals surface area contributed by atoms with Gasteiger partial charge in [-0.15, -0.1) is 0 Å². The molecule has 0 aromatic heterocycles. The molecular weight excluding hydrogens is 268 g/mol. The third-order valence-corrected chi connectivity index (χ3v) is 4.21. The molecule has 0 fully saturated rings. The van der Waals surface area contributed by atoms with Gasteiger partial charge in [-0.25, -0.2) is 0 Å². The molecule has 0 amide bonds. The number of hydrogen-bond donors (Lipinski definition) is 1. The largest absolute Gasteiger partial charge is 0.384 e. The Morgan fingerprint density at radius 2 is 1.27 bits per heavy atom. The van der Waals surface area contributed by atoms with Crippen molar-refractivity contribution >= 4 is 21.5 Å². The Labute approximate surface area is 129 Å². The predicted octanol–water partition coefficient (Wildman–Crippen LogP) is 5.07. The van der Waals surface area contributed by atoms with Gasteiger partial charge in [0.2, 0.25) is 0 Å². The van der Waals surface area contributed by atoms with E-state index in [4.69, 9.17) is 0 Å². The Morgan fingerprint density at radius 1 is 0.591 bits per heavy atom. The number of aliphatic hydroxyl groups is 1. The van der Waals surface area contributed by atoms with Crippen LogP contribution in [0.25, 0.3) is 21.5 Å². The Bertz CT molecular complexity index is 950. The minimum atomic E-state index is -0.615. The Kier molecular flexibility index (Phi) is 3.14. The van der Waals surface area contributed by atoms with Gasteiger partial charge in [-0.2, -0.15) is 0 Å². The molecule has 1 nitrogen and oxygen atoms in total. The molecule has 4 aromatic carbocycles. The summed E-state index contributed by atoms with van der Waals surface area (Å²) in [7, 11) is 0. The molecule has 1 N–H and O–H groups in total. The lowest BCUT2D eigenvalue weighted by molar-refractivity contribution is 0.222. The summed E-state index contributed by atoms with van der Waals surface area (Å²) in [4.78, 5) is 0. The molecule has 1 unspecified atom stereocenters. The van der Waals surface area contributed by atoms with Gasteiger partial charge in [-0.1, -0.05) is 78.9 Å². The van der Waals surface area contributed by atoms with E-state index in [1.807, 2.05) is 42.5 Å². The van der Waals surface area contributed by atoms with Crippen molar-refractivity contribution in [3.8, 4) is 0 Å². The lowest BCUT2D eigenvalue weighted by Crippen LogP contribution is -2.00. The molecule has 0 aliphatic carbocycles. The summed E-state index contributed by atoms with van der Waals surface area (Å²) in [6, 6.07) is 28.6. The minimum Gasteiger partial charge on any atom is -0.384 e. The second-order valence-electron chi connectivity index (χ2n) is 5.58. The van der Waals surface area contributed by atoms with E-state index >= 15 is 0 Å². The van der Waals surface area contributed by atoms with E-state index in [2.05, 4.69) is 42.5 Å². The molecule has 0 aliphatic heterocycles. The number of aliphatic hydroxyl groups excluding tert-OH is 1. The Balaban J connectivity index is 1.86. The molecule has 1 heteroatoms. The van der Waals surface area contributed by atoms with Crippen LogP contribution in [0.4, 0.5) is 0 Å². The monoisotopic (exact) mass is 284 g/mol. The van der Waals surface area contributed by atoms with Crippen LogP contribution in [0.1, 0.15) is 17.2 Å². The van der Waals surface area contributed by atoms with E-state index in [0.29, 0.717) is 0 Å². The van der Waals surface area contributed by atoms with Gasteiger partial charge < -0.3 is 5.11 Å². The molecule has 0 saturated heterocycles. The van der Waals surface area contributed by atoms with Crippen LogP contribution in [0.5, 0.6) is 0 Å². The smallest absolute Gasteiger partial charge is 0.105 e. The summed E-state index contributed by atoms with van der Waals surface area (Å²) in [6.07, 6.45) is -0.615. The van der Waals surface area contributed by atoms with Crippen molar-refractivity contribution in [2.24, 2.45) is 0 Å². The highest BCUT2D eigenvalue weighted by molar-refractivity contribution is 5.87. The second kappa shape index (κ2) is 5.28. The highest BCUT2D eigenvalue weighted by atomic mass is 16.3.